The van der Waals surface area contributed by atoms with E-state index in [2.05, 4.69) is 15.5 Å². The quantitative estimate of drug-likeness (QED) is 0.752. The molecule has 1 amide bonds. The van der Waals surface area contributed by atoms with Gasteiger partial charge in [-0.15, -0.1) is 21.5 Å². The fourth-order valence-electron chi connectivity index (χ4n) is 1.97. The number of nitrogens with zero attached hydrogens (tertiary/aromatic N) is 2. The van der Waals surface area contributed by atoms with Crippen LogP contribution in [0.5, 0.6) is 5.75 Å². The number of rotatable bonds is 6. The van der Waals surface area contributed by atoms with Crippen LogP contribution in [0.2, 0.25) is 0 Å². The van der Waals surface area contributed by atoms with Gasteiger partial charge in [0.25, 0.3) is 5.89 Å². The molecule has 0 spiro atoms. The molecule has 0 aliphatic rings. The minimum absolute atomic E-state index is 0.0640. The van der Waals surface area contributed by atoms with E-state index >= 15 is 0 Å². The summed E-state index contributed by atoms with van der Waals surface area (Å²) >= 11 is 1.51. The van der Waals surface area contributed by atoms with Crippen LogP contribution < -0.4 is 10.1 Å². The van der Waals surface area contributed by atoms with E-state index in [-0.39, 0.29) is 12.3 Å². The minimum Gasteiger partial charge on any atom is -0.497 e. The first-order valence-corrected chi connectivity index (χ1v) is 7.88. The molecule has 0 aliphatic heterocycles. The fraction of sp³-hybridized carbons (Fsp3) is 0.188. The van der Waals surface area contributed by atoms with Crippen molar-refractivity contribution >= 4 is 17.2 Å². The lowest BCUT2D eigenvalue weighted by molar-refractivity contribution is -0.120. The van der Waals surface area contributed by atoms with Crippen LogP contribution in [0.3, 0.4) is 0 Å². The van der Waals surface area contributed by atoms with Crippen LogP contribution in [0.4, 0.5) is 0 Å². The number of hydrogen-bond donors (Lipinski definition) is 1. The van der Waals surface area contributed by atoms with Crippen LogP contribution >= 0.6 is 11.3 Å². The first-order chi connectivity index (χ1) is 11.2. The Bertz CT molecular complexity index is 766. The number of ether oxygens (including phenoxy) is 1. The third-order valence-electron chi connectivity index (χ3n) is 3.16. The zero-order valence-corrected chi connectivity index (χ0v) is 13.3. The van der Waals surface area contributed by atoms with Crippen LogP contribution in [-0.4, -0.2) is 23.2 Å². The summed E-state index contributed by atoms with van der Waals surface area (Å²) < 4.78 is 10.6. The first-order valence-electron chi connectivity index (χ1n) is 7.00. The topological polar surface area (TPSA) is 77.2 Å². The normalized spacial score (nSPS) is 10.5. The maximum absolute atomic E-state index is 11.9. The number of thiophene rings is 1. The number of carbonyl (C=O) groups is 1. The second-order valence-electron chi connectivity index (χ2n) is 4.78. The summed E-state index contributed by atoms with van der Waals surface area (Å²) in [5, 5.41) is 12.6. The molecule has 0 unspecified atom stereocenters. The van der Waals surface area contributed by atoms with E-state index in [4.69, 9.17) is 9.15 Å². The fourth-order valence-corrected chi connectivity index (χ4v) is 2.61. The molecule has 0 atom stereocenters. The number of carbonyl (C=O) groups excluding carboxylic acids is 1. The van der Waals surface area contributed by atoms with Gasteiger partial charge in [-0.1, -0.05) is 18.2 Å². The summed E-state index contributed by atoms with van der Waals surface area (Å²) in [6, 6.07) is 11.3. The molecule has 0 aliphatic carbocycles. The van der Waals surface area contributed by atoms with E-state index < -0.39 is 0 Å². The van der Waals surface area contributed by atoms with Gasteiger partial charge in [0, 0.05) is 6.54 Å². The molecule has 0 radical (unpaired) electrons. The second-order valence-corrected chi connectivity index (χ2v) is 5.73. The summed E-state index contributed by atoms with van der Waals surface area (Å²) in [6.07, 6.45) is 0.0640. The van der Waals surface area contributed by atoms with Crippen molar-refractivity contribution in [1.29, 1.82) is 0 Å². The molecule has 3 rings (SSSR count). The van der Waals surface area contributed by atoms with Gasteiger partial charge >= 0.3 is 0 Å². The SMILES string of the molecule is COc1ccc(CNC(=O)Cc2nnc(-c3cccs3)o2)cc1. The Balaban J connectivity index is 1.53. The lowest BCUT2D eigenvalue weighted by atomic mass is 10.2. The summed E-state index contributed by atoms with van der Waals surface area (Å²) in [7, 11) is 1.62. The molecule has 0 saturated carbocycles. The van der Waals surface area contributed by atoms with E-state index in [0.29, 0.717) is 18.3 Å². The van der Waals surface area contributed by atoms with E-state index in [1.165, 1.54) is 11.3 Å². The zero-order valence-electron chi connectivity index (χ0n) is 12.5. The zero-order chi connectivity index (χ0) is 16.1. The van der Waals surface area contributed by atoms with Crippen LogP contribution in [0.25, 0.3) is 10.8 Å². The molecule has 3 aromatic rings. The standard InChI is InChI=1S/C16H15N3O3S/c1-21-12-6-4-11(5-7-12)10-17-14(20)9-15-18-19-16(22-15)13-3-2-8-23-13/h2-8H,9-10H2,1H3,(H,17,20). The van der Waals surface area contributed by atoms with Crippen molar-refractivity contribution in [2.75, 3.05) is 7.11 Å². The average molecular weight is 329 g/mol. The maximum atomic E-state index is 11.9. The molecule has 118 valence electrons. The van der Waals surface area contributed by atoms with Gasteiger partial charge in [-0.25, -0.2) is 0 Å². The molecule has 1 aromatic carbocycles. The number of amides is 1. The lowest BCUT2D eigenvalue weighted by Crippen LogP contribution is -2.24. The van der Waals surface area contributed by atoms with Crippen molar-refractivity contribution in [3.05, 3.63) is 53.2 Å². The highest BCUT2D eigenvalue weighted by Gasteiger charge is 2.12. The predicted octanol–water partition coefficient (Wildman–Crippen LogP) is 2.67. The minimum atomic E-state index is -0.165. The highest BCUT2D eigenvalue weighted by molar-refractivity contribution is 7.13. The molecule has 23 heavy (non-hydrogen) atoms. The highest BCUT2D eigenvalue weighted by Crippen LogP contribution is 2.22. The molecular weight excluding hydrogens is 314 g/mol. The Labute approximate surface area is 137 Å². The van der Waals surface area contributed by atoms with E-state index in [0.717, 1.165) is 16.2 Å². The Kier molecular flexibility index (Phi) is 4.68. The van der Waals surface area contributed by atoms with Gasteiger partial charge in [0.2, 0.25) is 11.8 Å². The van der Waals surface area contributed by atoms with Crippen molar-refractivity contribution in [3.63, 3.8) is 0 Å². The lowest BCUT2D eigenvalue weighted by Gasteiger charge is -2.05. The van der Waals surface area contributed by atoms with Crippen molar-refractivity contribution in [1.82, 2.24) is 15.5 Å². The Hall–Kier alpha value is -2.67. The van der Waals surface area contributed by atoms with Gasteiger partial charge < -0.3 is 14.5 Å². The molecular formula is C16H15N3O3S. The Morgan fingerprint density at radius 2 is 2.09 bits per heavy atom. The molecule has 7 heteroatoms. The molecule has 6 nitrogen and oxygen atoms in total. The van der Waals surface area contributed by atoms with Gasteiger partial charge in [-0.3, -0.25) is 4.79 Å². The van der Waals surface area contributed by atoms with Crippen molar-refractivity contribution < 1.29 is 13.9 Å². The smallest absolute Gasteiger partial charge is 0.257 e. The summed E-state index contributed by atoms with van der Waals surface area (Å²) in [6.45, 7) is 0.439. The van der Waals surface area contributed by atoms with E-state index in [1.807, 2.05) is 41.8 Å². The van der Waals surface area contributed by atoms with Gasteiger partial charge in [-0.2, -0.15) is 0 Å². The largest absolute Gasteiger partial charge is 0.497 e. The number of benzene rings is 1. The second kappa shape index (κ2) is 7.06. The number of aromatic nitrogens is 2. The molecule has 0 bridgehead atoms. The van der Waals surface area contributed by atoms with Crippen molar-refractivity contribution in [2.45, 2.75) is 13.0 Å². The highest BCUT2D eigenvalue weighted by atomic mass is 32.1. The summed E-state index contributed by atoms with van der Waals surface area (Å²) in [5.41, 5.74) is 0.990. The maximum Gasteiger partial charge on any atom is 0.257 e. The van der Waals surface area contributed by atoms with Crippen LogP contribution in [0.15, 0.2) is 46.2 Å². The van der Waals surface area contributed by atoms with Gasteiger partial charge in [-0.05, 0) is 29.1 Å². The monoisotopic (exact) mass is 329 g/mol. The molecule has 2 heterocycles. The summed E-state index contributed by atoms with van der Waals surface area (Å²) in [5.74, 6) is 1.37. The first kappa shape index (κ1) is 15.2. The third-order valence-corrected chi connectivity index (χ3v) is 4.02. The third kappa shape index (κ3) is 3.95. The van der Waals surface area contributed by atoms with Gasteiger partial charge in [0.05, 0.1) is 12.0 Å². The number of hydrogen-bond acceptors (Lipinski definition) is 6. The van der Waals surface area contributed by atoms with E-state index in [1.54, 1.807) is 7.11 Å². The Morgan fingerprint density at radius 1 is 1.26 bits per heavy atom. The molecule has 0 saturated heterocycles. The van der Waals surface area contributed by atoms with Crippen LogP contribution in [0.1, 0.15) is 11.5 Å². The van der Waals surface area contributed by atoms with Crippen molar-refractivity contribution in [3.8, 4) is 16.5 Å². The van der Waals surface area contributed by atoms with Gasteiger partial charge in [0.1, 0.15) is 12.2 Å². The van der Waals surface area contributed by atoms with Crippen LogP contribution in [-0.2, 0) is 17.8 Å². The van der Waals surface area contributed by atoms with Gasteiger partial charge in [0.15, 0.2) is 0 Å². The average Bonchev–Trinajstić information content (AvgIpc) is 3.24. The van der Waals surface area contributed by atoms with E-state index in [9.17, 15) is 4.79 Å². The molecule has 1 N–H and O–H groups in total. The van der Waals surface area contributed by atoms with Crippen LogP contribution in [0, 0.1) is 0 Å². The van der Waals surface area contributed by atoms with Crippen molar-refractivity contribution in [2.24, 2.45) is 0 Å². The number of nitrogens with one attached hydrogen (secondary N) is 1. The molecule has 0 fully saturated rings. The Morgan fingerprint density at radius 3 is 2.78 bits per heavy atom. The summed E-state index contributed by atoms with van der Waals surface area (Å²) in [4.78, 5) is 12.8. The number of methoxy groups -OCH3 is 1. The molecule has 2 aromatic heterocycles. The predicted molar refractivity (Wildman–Crippen MR) is 86.2 cm³/mol.